The lowest BCUT2D eigenvalue weighted by molar-refractivity contribution is -0.116. The molecule has 0 unspecified atom stereocenters. The van der Waals surface area contributed by atoms with Crippen LogP contribution in [0.1, 0.15) is 32.8 Å². The van der Waals surface area contributed by atoms with Crippen LogP contribution in [-0.2, 0) is 11.2 Å². The van der Waals surface area contributed by atoms with E-state index in [2.05, 4.69) is 25.8 Å². The predicted molar refractivity (Wildman–Crippen MR) is 82.1 cm³/mol. The number of anilines is 1. The number of fused-ring (bicyclic) bond motifs is 1. The van der Waals surface area contributed by atoms with Crippen LogP contribution < -0.4 is 4.90 Å². The van der Waals surface area contributed by atoms with Crippen molar-refractivity contribution in [3.05, 3.63) is 22.8 Å². The Kier molecular flexibility index (Phi) is 4.41. The molecule has 0 saturated heterocycles. The molecule has 104 valence electrons. The van der Waals surface area contributed by atoms with Gasteiger partial charge in [-0.3, -0.25) is 9.69 Å². The van der Waals surface area contributed by atoms with E-state index in [0.717, 1.165) is 30.8 Å². The third-order valence-corrected chi connectivity index (χ3v) is 4.39. The highest BCUT2D eigenvalue weighted by Crippen LogP contribution is 2.29. The van der Waals surface area contributed by atoms with Gasteiger partial charge in [-0.1, -0.05) is 32.4 Å². The molecule has 0 saturated carbocycles. The van der Waals surface area contributed by atoms with E-state index in [0.29, 0.717) is 10.8 Å². The first kappa shape index (κ1) is 14.7. The van der Waals surface area contributed by atoms with Crippen LogP contribution in [0, 0.1) is 0 Å². The van der Waals surface area contributed by atoms with E-state index < -0.39 is 0 Å². The van der Waals surface area contributed by atoms with E-state index in [1.807, 2.05) is 6.07 Å². The molecule has 2 rings (SSSR count). The minimum atomic E-state index is 0.0989. The molecule has 0 atom stereocenters. The summed E-state index contributed by atoms with van der Waals surface area (Å²) in [5, 5.41) is 0.636. The van der Waals surface area contributed by atoms with Gasteiger partial charge in [-0.2, -0.15) is 0 Å². The van der Waals surface area contributed by atoms with Gasteiger partial charge in [0.25, 0.3) is 0 Å². The van der Waals surface area contributed by atoms with E-state index in [9.17, 15) is 4.79 Å². The maximum Gasteiger partial charge on any atom is 0.238 e. The molecule has 1 aromatic rings. The molecule has 5 heteroatoms. The van der Waals surface area contributed by atoms with Gasteiger partial charge in [0.05, 0.1) is 10.8 Å². The smallest absolute Gasteiger partial charge is 0.238 e. The molecule has 0 radical (unpaired) electrons. The Bertz CT molecular complexity index is 485. The zero-order chi connectivity index (χ0) is 14.0. The van der Waals surface area contributed by atoms with Crippen molar-refractivity contribution in [2.45, 2.75) is 38.4 Å². The fourth-order valence-corrected chi connectivity index (χ4v) is 2.93. The van der Waals surface area contributed by atoms with E-state index in [1.165, 1.54) is 0 Å². The second-order valence-electron chi connectivity index (χ2n) is 5.69. The van der Waals surface area contributed by atoms with E-state index in [4.69, 9.17) is 11.6 Å². The van der Waals surface area contributed by atoms with Gasteiger partial charge in [0, 0.05) is 17.5 Å². The van der Waals surface area contributed by atoms with E-state index in [-0.39, 0.29) is 10.7 Å². The highest BCUT2D eigenvalue weighted by molar-refractivity contribution is 8.01. The molecular formula is C14H19ClN2OS. The van der Waals surface area contributed by atoms with Crippen LogP contribution in [0.15, 0.2) is 12.3 Å². The number of carbonyl (C=O) groups excluding carboxylic acids is 1. The van der Waals surface area contributed by atoms with Crippen LogP contribution in [-0.4, -0.2) is 27.9 Å². The van der Waals surface area contributed by atoms with Gasteiger partial charge < -0.3 is 0 Å². The van der Waals surface area contributed by atoms with Gasteiger partial charge in [-0.25, -0.2) is 4.98 Å². The van der Waals surface area contributed by atoms with Crippen LogP contribution in [0.5, 0.6) is 0 Å². The van der Waals surface area contributed by atoms with Gasteiger partial charge in [-0.15, -0.1) is 11.8 Å². The first-order valence-corrected chi connectivity index (χ1v) is 7.82. The van der Waals surface area contributed by atoms with Crippen molar-refractivity contribution >= 4 is 35.1 Å². The Labute approximate surface area is 123 Å². The monoisotopic (exact) mass is 298 g/mol. The molecule has 2 heterocycles. The first-order chi connectivity index (χ1) is 8.87. The van der Waals surface area contributed by atoms with Crippen LogP contribution in [0.4, 0.5) is 5.82 Å². The second-order valence-corrected chi connectivity index (χ2v) is 7.92. The third-order valence-electron chi connectivity index (χ3n) is 2.92. The van der Waals surface area contributed by atoms with Gasteiger partial charge in [0.2, 0.25) is 5.91 Å². The van der Waals surface area contributed by atoms with Crippen LogP contribution in [0.25, 0.3) is 0 Å². The Morgan fingerprint density at radius 3 is 2.95 bits per heavy atom. The molecule has 1 aliphatic rings. The Balaban J connectivity index is 2.13. The maximum atomic E-state index is 12.3. The summed E-state index contributed by atoms with van der Waals surface area (Å²) in [6.07, 6.45) is 3.53. The lowest BCUT2D eigenvalue weighted by Crippen LogP contribution is -2.38. The zero-order valence-electron chi connectivity index (χ0n) is 11.6. The van der Waals surface area contributed by atoms with Gasteiger partial charge >= 0.3 is 0 Å². The summed E-state index contributed by atoms with van der Waals surface area (Å²) in [5.41, 5.74) is 1.08. The quantitative estimate of drug-likeness (QED) is 0.837. The summed E-state index contributed by atoms with van der Waals surface area (Å²) in [6.45, 7) is 7.11. The van der Waals surface area contributed by atoms with Crippen molar-refractivity contribution in [1.29, 1.82) is 0 Å². The van der Waals surface area contributed by atoms with Crippen LogP contribution in [0.2, 0.25) is 5.02 Å². The SMILES string of the molecule is CC(C)(C)SCC(=O)N1CCCc2cc(Cl)cnc21. The number of aryl methyl sites for hydroxylation is 1. The number of pyridine rings is 1. The molecule has 0 aliphatic carbocycles. The fraction of sp³-hybridized carbons (Fsp3) is 0.571. The summed E-state index contributed by atoms with van der Waals surface area (Å²) in [7, 11) is 0. The number of rotatable bonds is 2. The van der Waals surface area contributed by atoms with Gasteiger partial charge in [0.1, 0.15) is 5.82 Å². The molecular weight excluding hydrogens is 280 g/mol. The van der Waals surface area contributed by atoms with Gasteiger partial charge in [-0.05, 0) is 24.5 Å². The minimum absolute atomic E-state index is 0.0989. The molecule has 19 heavy (non-hydrogen) atoms. The lowest BCUT2D eigenvalue weighted by Gasteiger charge is -2.29. The lowest BCUT2D eigenvalue weighted by atomic mass is 10.1. The third kappa shape index (κ3) is 3.86. The molecule has 0 N–H and O–H groups in total. The number of aromatic nitrogens is 1. The zero-order valence-corrected chi connectivity index (χ0v) is 13.1. The Hall–Kier alpha value is -0.740. The Morgan fingerprint density at radius 1 is 1.53 bits per heavy atom. The molecule has 3 nitrogen and oxygen atoms in total. The number of hydrogen-bond donors (Lipinski definition) is 0. The van der Waals surface area contributed by atoms with Crippen LogP contribution >= 0.6 is 23.4 Å². The van der Waals surface area contributed by atoms with Crippen LogP contribution in [0.3, 0.4) is 0 Å². The molecule has 1 aromatic heterocycles. The van der Waals surface area contributed by atoms with E-state index >= 15 is 0 Å². The average molecular weight is 299 g/mol. The molecule has 0 fully saturated rings. The Morgan fingerprint density at radius 2 is 2.26 bits per heavy atom. The molecule has 1 amide bonds. The van der Waals surface area contributed by atoms with E-state index in [1.54, 1.807) is 22.9 Å². The van der Waals surface area contributed by atoms with Crippen molar-refractivity contribution in [2.75, 3.05) is 17.2 Å². The average Bonchev–Trinajstić information content (AvgIpc) is 2.34. The normalized spacial score (nSPS) is 15.3. The molecule has 0 bridgehead atoms. The number of halogens is 1. The van der Waals surface area contributed by atoms with Crippen molar-refractivity contribution in [2.24, 2.45) is 0 Å². The van der Waals surface area contributed by atoms with Crippen molar-refractivity contribution < 1.29 is 4.79 Å². The number of nitrogens with zero attached hydrogens (tertiary/aromatic N) is 2. The largest absolute Gasteiger partial charge is 0.296 e. The van der Waals surface area contributed by atoms with Crippen molar-refractivity contribution in [3.63, 3.8) is 0 Å². The summed E-state index contributed by atoms with van der Waals surface area (Å²) >= 11 is 7.62. The first-order valence-electron chi connectivity index (χ1n) is 6.45. The van der Waals surface area contributed by atoms with Crippen molar-refractivity contribution in [1.82, 2.24) is 4.98 Å². The standard InChI is InChI=1S/C14H19ClN2OS/c1-14(2,3)19-9-12(18)17-6-4-5-10-7-11(15)8-16-13(10)17/h7-8H,4-6,9H2,1-3H3. The number of thioether (sulfide) groups is 1. The molecule has 1 aliphatic heterocycles. The highest BCUT2D eigenvalue weighted by atomic mass is 35.5. The summed E-state index contributed by atoms with van der Waals surface area (Å²) < 4.78 is 0.0989. The number of hydrogen-bond acceptors (Lipinski definition) is 3. The highest BCUT2D eigenvalue weighted by Gasteiger charge is 2.25. The fourth-order valence-electron chi connectivity index (χ4n) is 2.03. The summed E-state index contributed by atoms with van der Waals surface area (Å²) in [5.74, 6) is 1.42. The second kappa shape index (κ2) is 5.71. The maximum absolute atomic E-state index is 12.3. The molecule has 0 spiro atoms. The number of carbonyl (C=O) groups is 1. The van der Waals surface area contributed by atoms with Gasteiger partial charge in [0.15, 0.2) is 0 Å². The number of amides is 1. The summed E-state index contributed by atoms with van der Waals surface area (Å²) in [6, 6.07) is 1.92. The minimum Gasteiger partial charge on any atom is -0.296 e. The molecule has 0 aromatic carbocycles. The predicted octanol–water partition coefficient (Wildman–Crippen LogP) is 3.55. The van der Waals surface area contributed by atoms with Crippen molar-refractivity contribution in [3.8, 4) is 0 Å². The topological polar surface area (TPSA) is 33.2 Å². The summed E-state index contributed by atoms with van der Waals surface area (Å²) in [4.78, 5) is 18.5.